The number of amides is 4. The average molecular weight is 599 g/mol. The minimum Gasteiger partial charge on any atom is -0.458 e. The second-order valence-corrected chi connectivity index (χ2v) is 10.0. The van der Waals surface area contributed by atoms with Crippen molar-refractivity contribution in [3.05, 3.63) is 108 Å². The molecule has 0 spiro atoms. The Balaban J connectivity index is 1.24. The van der Waals surface area contributed by atoms with Gasteiger partial charge in [0, 0.05) is 30.3 Å². The highest BCUT2D eigenvalue weighted by Gasteiger charge is 2.30. The first kappa shape index (κ1) is 31.5. The van der Waals surface area contributed by atoms with E-state index in [1.165, 1.54) is 12.1 Å². The van der Waals surface area contributed by atoms with Crippen LogP contribution in [0.5, 0.6) is 0 Å². The Bertz CT molecular complexity index is 1500. The molecule has 11 heteroatoms. The Hall–Kier alpha value is -5.45. The quantitative estimate of drug-likeness (QED) is 0.160. The van der Waals surface area contributed by atoms with Gasteiger partial charge in [-0.3, -0.25) is 9.59 Å². The fourth-order valence-electron chi connectivity index (χ4n) is 4.63. The molecule has 0 aromatic heterocycles. The van der Waals surface area contributed by atoms with Crippen molar-refractivity contribution in [3.63, 3.8) is 0 Å². The fraction of sp³-hybridized carbons (Fsp3) is 0.242. The van der Waals surface area contributed by atoms with Gasteiger partial charge in [-0.05, 0) is 48.7 Å². The molecule has 228 valence electrons. The van der Waals surface area contributed by atoms with Crippen molar-refractivity contribution >= 4 is 41.2 Å². The number of urea groups is 1. The third-order valence-corrected chi connectivity index (χ3v) is 6.89. The van der Waals surface area contributed by atoms with Crippen LogP contribution in [-0.4, -0.2) is 60.9 Å². The number of Topliss-reactive ketones (excluding diaryl/α,β-unsaturated/α-hetero) is 1. The van der Waals surface area contributed by atoms with Gasteiger partial charge < -0.3 is 30.3 Å². The van der Waals surface area contributed by atoms with Crippen LogP contribution in [0.25, 0.3) is 0 Å². The van der Waals surface area contributed by atoms with Crippen LogP contribution in [0.4, 0.5) is 21.0 Å². The van der Waals surface area contributed by atoms with E-state index in [4.69, 9.17) is 9.47 Å². The minimum absolute atomic E-state index is 0.0616. The number of nitrogens with one attached hydrogen (secondary N) is 3. The zero-order chi connectivity index (χ0) is 31.3. The molecule has 3 aromatic carbocycles. The number of carbonyl (C=O) groups excluding carboxylic acids is 5. The van der Waals surface area contributed by atoms with Crippen LogP contribution in [0.2, 0.25) is 0 Å². The number of nitrogens with zero attached hydrogens (tertiary/aromatic N) is 1. The first-order valence-corrected chi connectivity index (χ1v) is 14.2. The number of benzene rings is 3. The molecule has 0 radical (unpaired) electrons. The van der Waals surface area contributed by atoms with Crippen LogP contribution in [0.3, 0.4) is 0 Å². The minimum atomic E-state index is -0.657. The van der Waals surface area contributed by atoms with Gasteiger partial charge >= 0.3 is 18.1 Å². The van der Waals surface area contributed by atoms with E-state index in [9.17, 15) is 24.0 Å². The van der Waals surface area contributed by atoms with Gasteiger partial charge in [-0.25, -0.2) is 14.4 Å². The molecule has 3 N–H and O–H groups in total. The average Bonchev–Trinajstić information content (AvgIpc) is 3.05. The molecular weight excluding hydrogens is 564 g/mol. The maximum absolute atomic E-state index is 13.4. The van der Waals surface area contributed by atoms with E-state index in [1.807, 2.05) is 30.3 Å². The molecule has 1 aliphatic heterocycles. The van der Waals surface area contributed by atoms with Gasteiger partial charge in [0.15, 0.2) is 5.78 Å². The van der Waals surface area contributed by atoms with Crippen molar-refractivity contribution < 1.29 is 33.4 Å². The second kappa shape index (κ2) is 15.7. The van der Waals surface area contributed by atoms with Crippen molar-refractivity contribution in [1.29, 1.82) is 0 Å². The molecule has 1 saturated heterocycles. The normalized spacial score (nSPS) is 12.9. The largest absolute Gasteiger partial charge is 0.458 e. The Morgan fingerprint density at radius 3 is 2.34 bits per heavy atom. The van der Waals surface area contributed by atoms with Gasteiger partial charge in [-0.15, -0.1) is 0 Å². The number of ether oxygens (including phenoxy) is 2. The third kappa shape index (κ3) is 9.02. The Labute approximate surface area is 255 Å². The van der Waals surface area contributed by atoms with E-state index in [1.54, 1.807) is 47.4 Å². The lowest BCUT2D eigenvalue weighted by Gasteiger charge is -2.31. The Kier molecular flexibility index (Phi) is 11.2. The highest BCUT2D eigenvalue weighted by molar-refractivity contribution is 6.06. The van der Waals surface area contributed by atoms with Crippen LogP contribution in [-0.2, 0) is 20.9 Å². The molecule has 4 rings (SSSR count). The van der Waals surface area contributed by atoms with Crippen LogP contribution >= 0.6 is 0 Å². The topological polar surface area (TPSA) is 143 Å². The molecule has 0 saturated carbocycles. The Morgan fingerprint density at radius 1 is 0.864 bits per heavy atom. The third-order valence-electron chi connectivity index (χ3n) is 6.89. The zero-order valence-corrected chi connectivity index (χ0v) is 24.1. The van der Waals surface area contributed by atoms with Gasteiger partial charge in [0.2, 0.25) is 5.91 Å². The number of likely N-dealkylation sites (tertiary alicyclic amines) is 1. The van der Waals surface area contributed by atoms with E-state index in [2.05, 4.69) is 22.5 Å². The highest BCUT2D eigenvalue weighted by Crippen LogP contribution is 2.26. The lowest BCUT2D eigenvalue weighted by atomic mass is 9.88. The molecule has 11 nitrogen and oxygen atoms in total. The number of hydrogen-bond acceptors (Lipinski definition) is 7. The molecular formula is C33H34N4O7. The number of hydrogen-bond donors (Lipinski definition) is 3. The summed E-state index contributed by atoms with van der Waals surface area (Å²) in [5.41, 5.74) is 2.17. The number of carbonyl (C=O) groups is 5. The van der Waals surface area contributed by atoms with Gasteiger partial charge in [-0.2, -0.15) is 0 Å². The van der Waals surface area contributed by atoms with Gasteiger partial charge in [0.1, 0.15) is 13.2 Å². The van der Waals surface area contributed by atoms with E-state index < -0.39 is 24.0 Å². The fourth-order valence-corrected chi connectivity index (χ4v) is 4.63. The monoisotopic (exact) mass is 598 g/mol. The van der Waals surface area contributed by atoms with Crippen LogP contribution < -0.4 is 16.0 Å². The maximum Gasteiger partial charge on any atom is 0.410 e. The summed E-state index contributed by atoms with van der Waals surface area (Å²) < 4.78 is 10.4. The predicted octanol–water partition coefficient (Wildman–Crippen LogP) is 5.02. The van der Waals surface area contributed by atoms with Gasteiger partial charge in [0.25, 0.3) is 0 Å². The first-order valence-electron chi connectivity index (χ1n) is 14.2. The summed E-state index contributed by atoms with van der Waals surface area (Å²) in [5, 5.41) is 7.72. The van der Waals surface area contributed by atoms with Crippen LogP contribution in [0, 0.1) is 5.92 Å². The summed E-state index contributed by atoms with van der Waals surface area (Å²) in [6, 6.07) is 21.6. The van der Waals surface area contributed by atoms with Crippen molar-refractivity contribution in [3.8, 4) is 0 Å². The molecule has 1 aliphatic rings. The Morgan fingerprint density at radius 2 is 1.59 bits per heavy atom. The number of piperidine rings is 1. The molecule has 1 fully saturated rings. The lowest BCUT2D eigenvalue weighted by Crippen LogP contribution is -2.40. The van der Waals surface area contributed by atoms with Crippen molar-refractivity contribution in [2.24, 2.45) is 5.92 Å². The molecule has 0 aliphatic carbocycles. The zero-order valence-electron chi connectivity index (χ0n) is 24.1. The maximum atomic E-state index is 13.4. The molecule has 3 aromatic rings. The number of anilines is 2. The SMILES string of the molecule is C=CCOC(=O)c1cccc(NC(=O)NCC(=O)Nc2ccccc2C(=O)C2CCN(C(=O)OCc3ccccc3)CC2)c1. The molecule has 0 unspecified atom stereocenters. The van der Waals surface area contributed by atoms with Crippen LogP contribution in [0.1, 0.15) is 39.1 Å². The standard InChI is InChI=1S/C33H34N4O7/c1-2-19-43-31(40)25-11-8-12-26(20-25)35-32(41)34-21-29(38)36-28-14-7-6-13-27(28)30(39)24-15-17-37(18-16-24)33(42)44-22-23-9-4-3-5-10-23/h2-14,20,24H,1,15-19,21-22H2,(H,36,38)(H2,34,35,41). The first-order chi connectivity index (χ1) is 21.3. The van der Waals surface area contributed by atoms with E-state index in [-0.39, 0.29) is 37.0 Å². The predicted molar refractivity (Wildman–Crippen MR) is 164 cm³/mol. The summed E-state index contributed by atoms with van der Waals surface area (Å²) in [4.78, 5) is 64.5. The summed E-state index contributed by atoms with van der Waals surface area (Å²) in [6.07, 6.45) is 1.97. The van der Waals surface area contributed by atoms with Crippen molar-refractivity contribution in [2.45, 2.75) is 19.4 Å². The highest BCUT2D eigenvalue weighted by atomic mass is 16.6. The molecule has 0 bridgehead atoms. The van der Waals surface area contributed by atoms with Gasteiger partial charge in [0.05, 0.1) is 17.8 Å². The second-order valence-electron chi connectivity index (χ2n) is 10.0. The van der Waals surface area contributed by atoms with E-state index in [0.717, 1.165) is 5.56 Å². The summed E-state index contributed by atoms with van der Waals surface area (Å²) >= 11 is 0. The summed E-state index contributed by atoms with van der Waals surface area (Å²) in [5.74, 6) is -1.54. The number of para-hydroxylation sites is 1. The van der Waals surface area contributed by atoms with Crippen molar-refractivity contribution in [1.82, 2.24) is 10.2 Å². The number of rotatable bonds is 11. The molecule has 1 heterocycles. The smallest absolute Gasteiger partial charge is 0.410 e. The van der Waals surface area contributed by atoms with E-state index in [0.29, 0.717) is 42.9 Å². The molecule has 44 heavy (non-hydrogen) atoms. The van der Waals surface area contributed by atoms with Gasteiger partial charge in [-0.1, -0.05) is 61.2 Å². The van der Waals surface area contributed by atoms with Crippen LogP contribution in [0.15, 0.2) is 91.5 Å². The summed E-state index contributed by atoms with van der Waals surface area (Å²) in [7, 11) is 0. The summed E-state index contributed by atoms with van der Waals surface area (Å²) in [6.45, 7) is 4.14. The molecule has 0 atom stereocenters. The van der Waals surface area contributed by atoms with E-state index >= 15 is 0 Å². The molecule has 4 amide bonds. The lowest BCUT2D eigenvalue weighted by molar-refractivity contribution is -0.115. The van der Waals surface area contributed by atoms with Crippen molar-refractivity contribution in [2.75, 3.05) is 36.9 Å². The number of esters is 1. The number of ketones is 1.